The first-order valence-electron chi connectivity index (χ1n) is 7.19. The number of hydrogen-bond acceptors (Lipinski definition) is 6. The zero-order valence-electron chi connectivity index (χ0n) is 13.3. The normalized spacial score (nSPS) is 22.9. The minimum Gasteiger partial charge on any atom is -0.418 e. The summed E-state index contributed by atoms with van der Waals surface area (Å²) in [7, 11) is 0. The number of esters is 1. The van der Waals surface area contributed by atoms with Gasteiger partial charge in [-0.25, -0.2) is 4.90 Å². The quantitative estimate of drug-likeness (QED) is 0.735. The Balaban J connectivity index is 0.000000796. The molecule has 20 heavy (non-hydrogen) atoms. The fourth-order valence-electron chi connectivity index (χ4n) is 2.09. The molecule has 120 valence electrons. The van der Waals surface area contributed by atoms with Crippen molar-refractivity contribution < 1.29 is 24.5 Å². The van der Waals surface area contributed by atoms with Gasteiger partial charge in [0.05, 0.1) is 19.8 Å². The van der Waals surface area contributed by atoms with Gasteiger partial charge in [0.2, 0.25) is 0 Å². The number of aliphatic hydroxyl groups excluding tert-OH is 2. The molecule has 1 atom stereocenters. The molecule has 0 aromatic heterocycles. The van der Waals surface area contributed by atoms with Crippen molar-refractivity contribution >= 4 is 5.97 Å². The van der Waals surface area contributed by atoms with Crippen LogP contribution in [0.4, 0.5) is 0 Å². The standard InChI is InChI=1S/C12H23NO3.C2H6O2/c1-6-11(14)16-12(9(2)3)13(10(4)5)7-8-15-12;3-1-2-4/h9-10H,6-8H2,1-5H3;3-4H,1-2H2. The van der Waals surface area contributed by atoms with E-state index in [-0.39, 0.29) is 25.1 Å². The van der Waals surface area contributed by atoms with Gasteiger partial charge in [-0.1, -0.05) is 20.8 Å². The lowest BCUT2D eigenvalue weighted by atomic mass is 10.1. The topological polar surface area (TPSA) is 79.2 Å². The van der Waals surface area contributed by atoms with E-state index >= 15 is 0 Å². The van der Waals surface area contributed by atoms with E-state index in [0.29, 0.717) is 19.1 Å². The third-order valence-corrected chi connectivity index (χ3v) is 3.04. The van der Waals surface area contributed by atoms with Crippen molar-refractivity contribution in [2.24, 2.45) is 5.92 Å². The van der Waals surface area contributed by atoms with Crippen LogP contribution in [-0.4, -0.2) is 59.4 Å². The molecule has 6 nitrogen and oxygen atoms in total. The largest absolute Gasteiger partial charge is 0.418 e. The van der Waals surface area contributed by atoms with E-state index in [0.717, 1.165) is 6.54 Å². The summed E-state index contributed by atoms with van der Waals surface area (Å²) in [5.41, 5.74) is 0. The predicted molar refractivity (Wildman–Crippen MR) is 75.9 cm³/mol. The van der Waals surface area contributed by atoms with Gasteiger partial charge in [-0.3, -0.25) is 4.79 Å². The Morgan fingerprint density at radius 1 is 1.30 bits per heavy atom. The molecular weight excluding hydrogens is 262 g/mol. The van der Waals surface area contributed by atoms with Gasteiger partial charge in [-0.15, -0.1) is 0 Å². The van der Waals surface area contributed by atoms with Crippen LogP contribution >= 0.6 is 0 Å². The minimum atomic E-state index is -0.860. The average molecular weight is 291 g/mol. The predicted octanol–water partition coefficient (Wildman–Crippen LogP) is 0.961. The molecule has 0 bridgehead atoms. The molecule has 0 radical (unpaired) electrons. The molecule has 1 heterocycles. The van der Waals surface area contributed by atoms with Crippen LogP contribution in [0.25, 0.3) is 0 Å². The number of ether oxygens (including phenoxy) is 2. The van der Waals surface area contributed by atoms with Gasteiger partial charge in [0.25, 0.3) is 5.91 Å². The molecule has 1 aliphatic rings. The fraction of sp³-hybridized carbons (Fsp3) is 0.929. The molecule has 1 aliphatic heterocycles. The molecule has 1 unspecified atom stereocenters. The Labute approximate surface area is 121 Å². The third kappa shape index (κ3) is 5.01. The SMILES string of the molecule is CCC(=O)OC1(C(C)C)OCCN1C(C)C.OCCO. The van der Waals surface area contributed by atoms with Crippen molar-refractivity contribution in [3.63, 3.8) is 0 Å². The number of rotatable bonds is 5. The monoisotopic (exact) mass is 291 g/mol. The van der Waals surface area contributed by atoms with E-state index in [2.05, 4.69) is 18.7 Å². The van der Waals surface area contributed by atoms with Crippen molar-refractivity contribution in [2.75, 3.05) is 26.4 Å². The van der Waals surface area contributed by atoms with Crippen LogP contribution < -0.4 is 0 Å². The maximum atomic E-state index is 11.5. The van der Waals surface area contributed by atoms with Gasteiger partial charge >= 0.3 is 5.97 Å². The second-order valence-corrected chi connectivity index (χ2v) is 5.20. The van der Waals surface area contributed by atoms with Gasteiger partial charge < -0.3 is 19.7 Å². The van der Waals surface area contributed by atoms with Crippen molar-refractivity contribution in [2.45, 2.75) is 53.0 Å². The first-order valence-corrected chi connectivity index (χ1v) is 7.19. The Morgan fingerprint density at radius 2 is 1.85 bits per heavy atom. The van der Waals surface area contributed by atoms with E-state index in [1.165, 1.54) is 0 Å². The maximum absolute atomic E-state index is 11.5. The Hall–Kier alpha value is -0.690. The van der Waals surface area contributed by atoms with Crippen molar-refractivity contribution in [3.8, 4) is 0 Å². The maximum Gasteiger partial charge on any atom is 0.309 e. The minimum absolute atomic E-state index is 0.118. The number of nitrogens with zero attached hydrogens (tertiary/aromatic N) is 1. The first-order chi connectivity index (χ1) is 9.35. The Kier molecular flexibility index (Phi) is 8.96. The third-order valence-electron chi connectivity index (χ3n) is 3.04. The summed E-state index contributed by atoms with van der Waals surface area (Å²) in [5.74, 6) is -0.949. The van der Waals surface area contributed by atoms with E-state index < -0.39 is 5.91 Å². The molecule has 0 aromatic rings. The van der Waals surface area contributed by atoms with Gasteiger partial charge in [0.1, 0.15) is 0 Å². The summed E-state index contributed by atoms with van der Waals surface area (Å²) < 4.78 is 11.3. The van der Waals surface area contributed by atoms with Crippen molar-refractivity contribution in [3.05, 3.63) is 0 Å². The van der Waals surface area contributed by atoms with Gasteiger partial charge in [0, 0.05) is 24.9 Å². The summed E-state index contributed by atoms with van der Waals surface area (Å²) in [5, 5.41) is 15.2. The van der Waals surface area contributed by atoms with Crippen LogP contribution in [-0.2, 0) is 14.3 Å². The van der Waals surface area contributed by atoms with Crippen LogP contribution in [0.5, 0.6) is 0 Å². The van der Waals surface area contributed by atoms with Crippen LogP contribution in [0, 0.1) is 5.92 Å². The molecule has 0 saturated carbocycles. The highest BCUT2D eigenvalue weighted by molar-refractivity contribution is 5.69. The highest BCUT2D eigenvalue weighted by Gasteiger charge is 2.49. The second-order valence-electron chi connectivity index (χ2n) is 5.20. The van der Waals surface area contributed by atoms with Crippen LogP contribution in [0.2, 0.25) is 0 Å². The zero-order valence-corrected chi connectivity index (χ0v) is 13.3. The number of aliphatic hydroxyl groups is 2. The lowest BCUT2D eigenvalue weighted by molar-refractivity contribution is -0.290. The highest BCUT2D eigenvalue weighted by Crippen LogP contribution is 2.34. The first kappa shape index (κ1) is 19.3. The van der Waals surface area contributed by atoms with Crippen molar-refractivity contribution in [1.82, 2.24) is 4.90 Å². The van der Waals surface area contributed by atoms with Crippen LogP contribution in [0.3, 0.4) is 0 Å². The molecular formula is C14H29NO5. The molecule has 0 amide bonds. The Morgan fingerprint density at radius 3 is 2.20 bits per heavy atom. The number of carbonyl (C=O) groups is 1. The summed E-state index contributed by atoms with van der Waals surface area (Å²) >= 11 is 0. The summed E-state index contributed by atoms with van der Waals surface area (Å²) in [6.45, 7) is 11.2. The van der Waals surface area contributed by atoms with E-state index in [1.54, 1.807) is 6.92 Å². The van der Waals surface area contributed by atoms with Gasteiger partial charge in [0.15, 0.2) is 0 Å². The van der Waals surface area contributed by atoms with E-state index in [4.69, 9.17) is 19.7 Å². The molecule has 1 fully saturated rings. The van der Waals surface area contributed by atoms with Crippen LogP contribution in [0.15, 0.2) is 0 Å². The lowest BCUT2D eigenvalue weighted by Gasteiger charge is -2.40. The van der Waals surface area contributed by atoms with Crippen molar-refractivity contribution in [1.29, 1.82) is 0 Å². The summed E-state index contributed by atoms with van der Waals surface area (Å²) in [6, 6.07) is 0.301. The number of carbonyl (C=O) groups excluding carboxylic acids is 1. The van der Waals surface area contributed by atoms with E-state index in [1.807, 2.05) is 13.8 Å². The number of hydrogen-bond donors (Lipinski definition) is 2. The molecule has 0 aromatic carbocycles. The van der Waals surface area contributed by atoms with Gasteiger partial charge in [-0.05, 0) is 13.8 Å². The summed E-state index contributed by atoms with van der Waals surface area (Å²) in [4.78, 5) is 13.6. The fourth-order valence-corrected chi connectivity index (χ4v) is 2.09. The Bertz CT molecular complexity index is 281. The molecule has 0 aliphatic carbocycles. The average Bonchev–Trinajstić information content (AvgIpc) is 2.84. The lowest BCUT2D eigenvalue weighted by Crippen LogP contribution is -2.55. The molecule has 1 saturated heterocycles. The van der Waals surface area contributed by atoms with E-state index in [9.17, 15) is 4.79 Å². The zero-order chi connectivity index (χ0) is 15.8. The van der Waals surface area contributed by atoms with Gasteiger partial charge in [-0.2, -0.15) is 0 Å². The highest BCUT2D eigenvalue weighted by atomic mass is 16.7. The second kappa shape index (κ2) is 9.28. The summed E-state index contributed by atoms with van der Waals surface area (Å²) in [6.07, 6.45) is 0.379. The van der Waals surface area contributed by atoms with Crippen LogP contribution in [0.1, 0.15) is 41.0 Å². The molecule has 6 heteroatoms. The molecule has 2 N–H and O–H groups in total. The molecule has 1 rings (SSSR count). The molecule has 0 spiro atoms. The smallest absolute Gasteiger partial charge is 0.309 e.